The fourth-order valence-corrected chi connectivity index (χ4v) is 7.35. The molecule has 61 heavy (non-hydrogen) atoms. The predicted octanol–water partition coefficient (Wildman–Crippen LogP) is 4.04. The van der Waals surface area contributed by atoms with E-state index in [1.807, 2.05) is 65.1 Å². The van der Waals surface area contributed by atoms with Gasteiger partial charge in [-0.1, -0.05) is 65.7 Å². The minimum Gasteiger partial charge on any atom is -0.464 e. The number of amides is 4. The molecule has 0 radical (unpaired) electrons. The molecule has 1 aliphatic heterocycles. The Bertz CT molecular complexity index is 1610. The van der Waals surface area contributed by atoms with Crippen LogP contribution in [0.2, 0.25) is 0 Å². The van der Waals surface area contributed by atoms with Crippen LogP contribution in [0.1, 0.15) is 105 Å². The van der Waals surface area contributed by atoms with Crippen molar-refractivity contribution in [3.63, 3.8) is 0 Å². The molecule has 0 spiro atoms. The average Bonchev–Trinajstić information content (AvgIpc) is 3.82. The molecule has 1 saturated heterocycles. The standard InChI is InChI=1S/C42H71N9O6.4ClH/c1-7-57-41(56)34(23-27(2)3)49-39(54)36(42(4,5)6)50-37(52)33(24-28-25-46-31-17-9-8-16-30(28)31)48-38(53)35-19-14-22-51(35)40(55)32(18-11-13-21-44)47-26-29(45)15-10-12-20-43;;;;/h8-9,16-17,25,27,29,32-36,46-47H,7,10-15,18-24,26,43-45H2,1-6H3,(H,48,53)(H,49,54)(H,50,52);4*1H/t29-,32-,33-,34-,35-,36+;;;;/m0..../s1. The zero-order chi connectivity index (χ0) is 42.1. The summed E-state index contributed by atoms with van der Waals surface area (Å²) in [6.45, 7) is 13.2. The summed E-state index contributed by atoms with van der Waals surface area (Å²) in [5.41, 5.74) is 18.7. The normalized spacial score (nSPS) is 16.0. The lowest BCUT2D eigenvalue weighted by Gasteiger charge is -2.34. The van der Waals surface area contributed by atoms with Gasteiger partial charge >= 0.3 is 5.97 Å². The fourth-order valence-electron chi connectivity index (χ4n) is 7.35. The number of likely N-dealkylation sites (tertiary alicyclic amines) is 1. The summed E-state index contributed by atoms with van der Waals surface area (Å²) < 4.78 is 5.25. The Balaban J connectivity index is 0. The van der Waals surface area contributed by atoms with E-state index < -0.39 is 59.3 Å². The van der Waals surface area contributed by atoms with Gasteiger partial charge in [-0.3, -0.25) is 19.2 Å². The molecular weight excluding hydrogens is 868 g/mol. The number of aromatic amines is 1. The highest BCUT2D eigenvalue weighted by atomic mass is 35.5. The summed E-state index contributed by atoms with van der Waals surface area (Å²) in [5.74, 6) is -2.19. The molecule has 1 fully saturated rings. The molecular formula is C42H75Cl4N9O6. The van der Waals surface area contributed by atoms with E-state index in [9.17, 15) is 24.0 Å². The highest BCUT2D eigenvalue weighted by Gasteiger charge is 2.40. The van der Waals surface area contributed by atoms with Crippen LogP contribution in [0.3, 0.4) is 0 Å². The molecule has 352 valence electrons. The van der Waals surface area contributed by atoms with Crippen LogP contribution in [0.15, 0.2) is 30.5 Å². The minimum absolute atomic E-state index is 0. The zero-order valence-corrected chi connectivity index (χ0v) is 40.1. The molecule has 4 amide bonds. The van der Waals surface area contributed by atoms with E-state index in [1.165, 1.54) is 0 Å². The van der Waals surface area contributed by atoms with Crippen LogP contribution >= 0.6 is 49.6 Å². The quantitative estimate of drug-likeness (QED) is 0.0555. The van der Waals surface area contributed by atoms with E-state index in [0.717, 1.165) is 48.6 Å². The van der Waals surface area contributed by atoms with Crippen LogP contribution in [-0.2, 0) is 35.1 Å². The van der Waals surface area contributed by atoms with Crippen LogP contribution in [0.25, 0.3) is 10.9 Å². The number of hydrogen-bond acceptors (Lipinski definition) is 10. The van der Waals surface area contributed by atoms with Crippen LogP contribution in [-0.4, -0.2) is 109 Å². The number of carbonyl (C=O) groups is 5. The number of H-pyrrole nitrogens is 1. The monoisotopic (exact) mass is 941 g/mol. The average molecular weight is 944 g/mol. The third-order valence-electron chi connectivity index (χ3n) is 10.5. The number of carbonyl (C=O) groups excluding carboxylic acids is 5. The first kappa shape index (κ1) is 60.2. The molecule has 11 N–H and O–H groups in total. The first-order valence-electron chi connectivity index (χ1n) is 20.9. The molecule has 19 heteroatoms. The van der Waals surface area contributed by atoms with Gasteiger partial charge in [0.1, 0.15) is 24.2 Å². The second kappa shape index (κ2) is 30.2. The summed E-state index contributed by atoms with van der Waals surface area (Å²) in [6.07, 6.45) is 7.96. The Morgan fingerprint density at radius 2 is 1.51 bits per heavy atom. The van der Waals surface area contributed by atoms with Gasteiger partial charge in [0.2, 0.25) is 23.6 Å². The van der Waals surface area contributed by atoms with Crippen molar-refractivity contribution in [2.45, 2.75) is 142 Å². The summed E-state index contributed by atoms with van der Waals surface area (Å²) in [6, 6.07) is 3.12. The number of halogens is 4. The predicted molar refractivity (Wildman–Crippen MR) is 253 cm³/mol. The summed E-state index contributed by atoms with van der Waals surface area (Å²) >= 11 is 0. The lowest BCUT2D eigenvalue weighted by molar-refractivity contribution is -0.148. The van der Waals surface area contributed by atoms with Gasteiger partial charge in [0.25, 0.3) is 0 Å². The number of rotatable bonds is 24. The van der Waals surface area contributed by atoms with Gasteiger partial charge in [0.15, 0.2) is 0 Å². The third kappa shape index (κ3) is 19.2. The highest BCUT2D eigenvalue weighted by Crippen LogP contribution is 2.24. The molecule has 3 rings (SSSR count). The highest BCUT2D eigenvalue weighted by molar-refractivity contribution is 5.96. The van der Waals surface area contributed by atoms with Gasteiger partial charge in [0, 0.05) is 42.7 Å². The molecule has 1 aromatic heterocycles. The third-order valence-corrected chi connectivity index (χ3v) is 10.5. The second-order valence-electron chi connectivity index (χ2n) is 16.9. The van der Waals surface area contributed by atoms with E-state index in [2.05, 4.69) is 26.3 Å². The molecule has 2 aromatic rings. The van der Waals surface area contributed by atoms with Crippen LogP contribution in [0, 0.1) is 11.3 Å². The molecule has 0 saturated carbocycles. The summed E-state index contributed by atoms with van der Waals surface area (Å²) in [7, 11) is 0. The lowest BCUT2D eigenvalue weighted by Crippen LogP contribution is -2.61. The van der Waals surface area contributed by atoms with Crippen molar-refractivity contribution >= 4 is 90.1 Å². The zero-order valence-electron chi connectivity index (χ0n) is 36.8. The van der Waals surface area contributed by atoms with E-state index in [-0.39, 0.29) is 80.5 Å². The molecule has 1 aliphatic rings. The number of nitrogens with one attached hydrogen (secondary N) is 5. The maximum atomic E-state index is 14.4. The SMILES string of the molecule is CCOC(=O)[C@H](CC(C)C)NC(=O)[C@@H](NC(=O)[C@H](Cc1c[nH]c2ccccc12)NC(=O)[C@@H]1CCCN1C(=O)[C@H](CCCCN)NC[C@@H](N)CCCCN)C(C)(C)C.Cl.Cl.Cl.Cl. The smallest absolute Gasteiger partial charge is 0.328 e. The van der Waals surface area contributed by atoms with E-state index in [1.54, 1.807) is 11.8 Å². The second-order valence-corrected chi connectivity index (χ2v) is 16.9. The Hall–Kier alpha value is -2.89. The van der Waals surface area contributed by atoms with Crippen molar-refractivity contribution in [2.24, 2.45) is 28.5 Å². The van der Waals surface area contributed by atoms with Crippen molar-refractivity contribution in [2.75, 3.05) is 32.8 Å². The van der Waals surface area contributed by atoms with Crippen LogP contribution in [0.4, 0.5) is 0 Å². The topological polar surface area (TPSA) is 240 Å². The minimum atomic E-state index is -1.10. The molecule has 6 atom stereocenters. The number of unbranched alkanes of at least 4 members (excludes halogenated alkanes) is 2. The Kier molecular flexibility index (Phi) is 29.8. The van der Waals surface area contributed by atoms with Crippen LogP contribution < -0.4 is 38.5 Å². The number of esters is 1. The van der Waals surface area contributed by atoms with Crippen molar-refractivity contribution < 1.29 is 28.7 Å². The number of fused-ring (bicyclic) bond motifs is 1. The first-order chi connectivity index (χ1) is 27.1. The maximum Gasteiger partial charge on any atom is 0.328 e. The molecule has 0 aliphatic carbocycles. The van der Waals surface area contributed by atoms with Gasteiger partial charge in [-0.25, -0.2) is 4.79 Å². The fraction of sp³-hybridized carbons (Fsp3) is 0.690. The number of hydrogen-bond donors (Lipinski definition) is 8. The van der Waals surface area contributed by atoms with Gasteiger partial charge in [-0.05, 0) is 87.9 Å². The number of nitrogens with two attached hydrogens (primary N) is 3. The van der Waals surface area contributed by atoms with Crippen molar-refractivity contribution in [1.82, 2.24) is 31.2 Å². The maximum absolute atomic E-state index is 14.4. The first-order valence-corrected chi connectivity index (χ1v) is 20.9. The van der Waals surface area contributed by atoms with Gasteiger partial charge < -0.3 is 53.1 Å². The summed E-state index contributed by atoms with van der Waals surface area (Å²) in [5, 5.41) is 13.0. The number of ether oxygens (including phenoxy) is 1. The van der Waals surface area contributed by atoms with Crippen LogP contribution in [0.5, 0.6) is 0 Å². The van der Waals surface area contributed by atoms with Gasteiger partial charge in [-0.2, -0.15) is 0 Å². The van der Waals surface area contributed by atoms with E-state index in [4.69, 9.17) is 21.9 Å². The lowest BCUT2D eigenvalue weighted by atomic mass is 9.85. The van der Waals surface area contributed by atoms with Gasteiger partial charge in [0.05, 0.1) is 12.6 Å². The molecule has 1 aromatic carbocycles. The molecule has 0 unspecified atom stereocenters. The molecule has 0 bridgehead atoms. The number of benzene rings is 1. The number of aromatic nitrogens is 1. The Morgan fingerprint density at radius 3 is 2.11 bits per heavy atom. The van der Waals surface area contributed by atoms with Crippen molar-refractivity contribution in [3.05, 3.63) is 36.0 Å². The van der Waals surface area contributed by atoms with Crippen molar-refractivity contribution in [1.29, 1.82) is 0 Å². The number of para-hydroxylation sites is 1. The Labute approximate surface area is 387 Å². The van der Waals surface area contributed by atoms with E-state index >= 15 is 0 Å². The Morgan fingerprint density at radius 1 is 0.869 bits per heavy atom. The molecule has 2 heterocycles. The number of nitrogens with zero attached hydrogens (tertiary/aromatic N) is 1. The summed E-state index contributed by atoms with van der Waals surface area (Å²) in [4.78, 5) is 74.4. The van der Waals surface area contributed by atoms with E-state index in [0.29, 0.717) is 51.9 Å². The van der Waals surface area contributed by atoms with Gasteiger partial charge in [-0.15, -0.1) is 49.6 Å². The van der Waals surface area contributed by atoms with Crippen molar-refractivity contribution in [3.8, 4) is 0 Å². The molecule has 15 nitrogen and oxygen atoms in total. The largest absolute Gasteiger partial charge is 0.464 e.